The van der Waals surface area contributed by atoms with Crippen molar-refractivity contribution in [3.63, 3.8) is 0 Å². The molecule has 1 fully saturated rings. The number of rotatable bonds is 3. The third-order valence-electron chi connectivity index (χ3n) is 5.01. The monoisotopic (exact) mass is 396 g/mol. The van der Waals surface area contributed by atoms with E-state index in [2.05, 4.69) is 15.1 Å². The smallest absolute Gasteiger partial charge is 0.433 e. The molecule has 1 unspecified atom stereocenters. The molecular formula is C18H19F3N4O3. The molecule has 0 aromatic carbocycles. The number of hydrogen-bond donors (Lipinski definition) is 0. The summed E-state index contributed by atoms with van der Waals surface area (Å²) in [6.45, 7) is 0.768. The lowest BCUT2D eigenvalue weighted by molar-refractivity contribution is -0.141. The van der Waals surface area contributed by atoms with Gasteiger partial charge < -0.3 is 14.2 Å². The molecule has 0 saturated carbocycles. The van der Waals surface area contributed by atoms with Crippen molar-refractivity contribution in [2.45, 2.75) is 50.8 Å². The minimum absolute atomic E-state index is 0.231. The van der Waals surface area contributed by atoms with Crippen LogP contribution in [0, 0.1) is 0 Å². The zero-order chi connectivity index (χ0) is 19.7. The van der Waals surface area contributed by atoms with Gasteiger partial charge in [-0.2, -0.15) is 18.2 Å². The van der Waals surface area contributed by atoms with E-state index in [-0.39, 0.29) is 18.5 Å². The van der Waals surface area contributed by atoms with Crippen LogP contribution < -0.4 is 4.74 Å². The van der Waals surface area contributed by atoms with E-state index in [1.807, 2.05) is 0 Å². The molecule has 150 valence electrons. The van der Waals surface area contributed by atoms with Crippen LogP contribution in [0.5, 0.6) is 6.01 Å². The molecule has 2 aromatic heterocycles. The summed E-state index contributed by atoms with van der Waals surface area (Å²) in [4.78, 5) is 21.7. The molecule has 0 N–H and O–H groups in total. The fraction of sp³-hybridized carbons (Fsp3) is 0.556. The van der Waals surface area contributed by atoms with Gasteiger partial charge in [-0.1, -0.05) is 5.16 Å². The third kappa shape index (κ3) is 3.81. The van der Waals surface area contributed by atoms with Crippen molar-refractivity contribution in [3.05, 3.63) is 35.0 Å². The number of ether oxygens (including phenoxy) is 1. The summed E-state index contributed by atoms with van der Waals surface area (Å²) in [5, 5.41) is 3.96. The van der Waals surface area contributed by atoms with Crippen LogP contribution in [0.15, 0.2) is 16.8 Å². The Kier molecular flexibility index (Phi) is 4.94. The van der Waals surface area contributed by atoms with Crippen molar-refractivity contribution >= 4 is 5.91 Å². The maximum atomic E-state index is 12.9. The number of aryl methyl sites for hydroxylation is 1. The van der Waals surface area contributed by atoms with E-state index in [0.29, 0.717) is 25.1 Å². The van der Waals surface area contributed by atoms with Gasteiger partial charge in [0.15, 0.2) is 11.4 Å². The topological polar surface area (TPSA) is 81.4 Å². The van der Waals surface area contributed by atoms with Crippen LogP contribution in [0.2, 0.25) is 0 Å². The van der Waals surface area contributed by atoms with Gasteiger partial charge in [-0.15, -0.1) is 0 Å². The van der Waals surface area contributed by atoms with E-state index in [1.165, 1.54) is 0 Å². The highest BCUT2D eigenvalue weighted by Gasteiger charge is 2.34. The van der Waals surface area contributed by atoms with Gasteiger partial charge in [-0.3, -0.25) is 4.79 Å². The standard InChI is InChI=1S/C18H19F3N4O3/c19-18(20,21)14-7-8-22-17(23-14)27-11-4-3-9-25(10-11)16(26)15-12-5-1-2-6-13(12)28-24-15/h7-8,11H,1-6,9-10H2. The van der Waals surface area contributed by atoms with Crippen molar-refractivity contribution in [1.29, 1.82) is 0 Å². The summed E-state index contributed by atoms with van der Waals surface area (Å²) in [6.07, 6.45) is 0.791. The quantitative estimate of drug-likeness (QED) is 0.793. The Labute approximate surface area is 158 Å². The molecule has 7 nitrogen and oxygen atoms in total. The second-order valence-electron chi connectivity index (χ2n) is 7.00. The van der Waals surface area contributed by atoms with Gasteiger partial charge in [0, 0.05) is 24.7 Å². The Morgan fingerprint density at radius 3 is 2.89 bits per heavy atom. The fourth-order valence-corrected chi connectivity index (χ4v) is 3.63. The summed E-state index contributed by atoms with van der Waals surface area (Å²) >= 11 is 0. The first kappa shape index (κ1) is 18.7. The van der Waals surface area contributed by atoms with Crippen LogP contribution in [-0.4, -0.2) is 45.1 Å². The van der Waals surface area contributed by atoms with Crippen LogP contribution in [0.1, 0.15) is 53.2 Å². The number of carbonyl (C=O) groups is 1. The Morgan fingerprint density at radius 1 is 1.25 bits per heavy atom. The van der Waals surface area contributed by atoms with E-state index in [4.69, 9.17) is 9.26 Å². The number of likely N-dealkylation sites (tertiary alicyclic amines) is 1. The van der Waals surface area contributed by atoms with Crippen LogP contribution in [0.25, 0.3) is 0 Å². The highest BCUT2D eigenvalue weighted by molar-refractivity contribution is 5.94. The van der Waals surface area contributed by atoms with Gasteiger partial charge in [0.2, 0.25) is 0 Å². The van der Waals surface area contributed by atoms with Gasteiger partial charge in [0.05, 0.1) is 6.54 Å². The van der Waals surface area contributed by atoms with Gasteiger partial charge >= 0.3 is 12.2 Å². The van der Waals surface area contributed by atoms with E-state index in [9.17, 15) is 18.0 Å². The average molecular weight is 396 g/mol. The second-order valence-corrected chi connectivity index (χ2v) is 7.00. The number of hydrogen-bond acceptors (Lipinski definition) is 6. The molecule has 2 aromatic rings. The summed E-state index contributed by atoms with van der Waals surface area (Å²) in [6, 6.07) is 0.449. The molecule has 3 heterocycles. The Morgan fingerprint density at radius 2 is 2.07 bits per heavy atom. The Bertz CT molecular complexity index is 868. The van der Waals surface area contributed by atoms with Gasteiger partial charge in [-0.05, 0) is 38.2 Å². The molecule has 0 radical (unpaired) electrons. The molecule has 1 atom stereocenters. The lowest BCUT2D eigenvalue weighted by Crippen LogP contribution is -2.45. The predicted octanol–water partition coefficient (Wildman–Crippen LogP) is 3.05. The maximum absolute atomic E-state index is 12.9. The molecule has 1 amide bonds. The summed E-state index contributed by atoms with van der Waals surface area (Å²) in [7, 11) is 0. The van der Waals surface area contributed by atoms with E-state index < -0.39 is 18.0 Å². The van der Waals surface area contributed by atoms with Crippen molar-refractivity contribution in [1.82, 2.24) is 20.0 Å². The predicted molar refractivity (Wildman–Crippen MR) is 89.7 cm³/mol. The summed E-state index contributed by atoms with van der Waals surface area (Å²) < 4.78 is 49.2. The molecule has 1 saturated heterocycles. The largest absolute Gasteiger partial charge is 0.458 e. The molecule has 2 aliphatic rings. The molecular weight excluding hydrogens is 377 g/mol. The average Bonchev–Trinajstić information content (AvgIpc) is 3.11. The molecule has 0 spiro atoms. The van der Waals surface area contributed by atoms with E-state index >= 15 is 0 Å². The number of alkyl halides is 3. The SMILES string of the molecule is O=C(c1noc2c1CCCC2)N1CCCC(Oc2nccc(C(F)(F)F)n2)C1. The molecule has 4 rings (SSSR count). The van der Waals surface area contributed by atoms with Crippen molar-refractivity contribution in [3.8, 4) is 6.01 Å². The van der Waals surface area contributed by atoms with E-state index in [0.717, 1.165) is 49.3 Å². The lowest BCUT2D eigenvalue weighted by Gasteiger charge is -2.32. The maximum Gasteiger partial charge on any atom is 0.433 e. The van der Waals surface area contributed by atoms with Crippen molar-refractivity contribution in [2.24, 2.45) is 0 Å². The normalized spacial score (nSPS) is 20.0. The van der Waals surface area contributed by atoms with Crippen LogP contribution in [0.3, 0.4) is 0 Å². The first-order valence-corrected chi connectivity index (χ1v) is 9.25. The highest BCUT2D eigenvalue weighted by atomic mass is 19.4. The number of amides is 1. The number of piperidine rings is 1. The first-order valence-electron chi connectivity index (χ1n) is 9.25. The number of carbonyl (C=O) groups excluding carboxylic acids is 1. The van der Waals surface area contributed by atoms with Gasteiger partial charge in [0.1, 0.15) is 11.9 Å². The number of fused-ring (bicyclic) bond motifs is 1. The summed E-state index contributed by atoms with van der Waals surface area (Å²) in [5.41, 5.74) is 0.154. The molecule has 10 heteroatoms. The second kappa shape index (κ2) is 7.40. The molecule has 1 aliphatic heterocycles. The molecule has 28 heavy (non-hydrogen) atoms. The number of halogens is 3. The first-order chi connectivity index (χ1) is 13.4. The van der Waals surface area contributed by atoms with Gasteiger partial charge in [0.25, 0.3) is 5.91 Å². The minimum Gasteiger partial charge on any atom is -0.458 e. The molecule has 0 bridgehead atoms. The number of nitrogens with zero attached hydrogens (tertiary/aromatic N) is 4. The van der Waals surface area contributed by atoms with E-state index in [1.54, 1.807) is 4.90 Å². The third-order valence-corrected chi connectivity index (χ3v) is 5.01. The lowest BCUT2D eigenvalue weighted by atomic mass is 9.96. The zero-order valence-electron chi connectivity index (χ0n) is 15.0. The van der Waals surface area contributed by atoms with Crippen molar-refractivity contribution < 1.29 is 27.2 Å². The summed E-state index contributed by atoms with van der Waals surface area (Å²) in [5.74, 6) is 0.543. The highest BCUT2D eigenvalue weighted by Crippen LogP contribution is 2.29. The Balaban J connectivity index is 1.45. The zero-order valence-corrected chi connectivity index (χ0v) is 15.0. The van der Waals surface area contributed by atoms with Crippen LogP contribution in [-0.2, 0) is 19.0 Å². The fourth-order valence-electron chi connectivity index (χ4n) is 3.63. The van der Waals surface area contributed by atoms with Crippen LogP contribution >= 0.6 is 0 Å². The van der Waals surface area contributed by atoms with Crippen molar-refractivity contribution in [2.75, 3.05) is 13.1 Å². The number of aromatic nitrogens is 3. The Hall–Kier alpha value is -2.65. The molecule has 1 aliphatic carbocycles. The van der Waals surface area contributed by atoms with Gasteiger partial charge in [-0.25, -0.2) is 4.98 Å². The minimum atomic E-state index is -4.57. The van der Waals surface area contributed by atoms with Crippen LogP contribution in [0.4, 0.5) is 13.2 Å².